The van der Waals surface area contributed by atoms with Crippen molar-refractivity contribution in [2.75, 3.05) is 25.1 Å². The number of aliphatic hydroxyl groups excluding tert-OH is 1. The Morgan fingerprint density at radius 2 is 2.00 bits per heavy atom. The first kappa shape index (κ1) is 14.9. The van der Waals surface area contributed by atoms with Crippen LogP contribution in [0, 0.1) is 13.8 Å². The normalized spacial score (nSPS) is 11.1. The molecule has 0 saturated carbocycles. The number of fused-ring (bicyclic) bond motifs is 1. The van der Waals surface area contributed by atoms with Crippen molar-refractivity contribution in [2.45, 2.75) is 13.8 Å². The van der Waals surface area contributed by atoms with Crippen LogP contribution in [0.1, 0.15) is 11.1 Å². The number of hydrogen-bond donors (Lipinski definition) is 1. The van der Waals surface area contributed by atoms with Gasteiger partial charge in [-0.2, -0.15) is 0 Å². The van der Waals surface area contributed by atoms with Crippen LogP contribution < -0.4 is 4.90 Å². The summed E-state index contributed by atoms with van der Waals surface area (Å²) in [6.45, 7) is 4.90. The largest absolute Gasteiger partial charge is 0.395 e. The molecule has 0 bridgehead atoms. The first-order valence-corrected chi connectivity index (χ1v) is 8.11. The Bertz CT molecular complexity index is 813. The molecule has 3 rings (SSSR count). The molecule has 0 radical (unpaired) electrons. The molecule has 0 atom stereocenters. The summed E-state index contributed by atoms with van der Waals surface area (Å²) in [4.78, 5) is 11.8. The molecule has 0 fully saturated rings. The first-order chi connectivity index (χ1) is 10.6. The summed E-state index contributed by atoms with van der Waals surface area (Å²) in [6, 6.07) is 6.50. The van der Waals surface area contributed by atoms with E-state index in [4.69, 9.17) is 0 Å². The third kappa shape index (κ3) is 2.58. The first-order valence-electron chi connectivity index (χ1n) is 7.23. The highest BCUT2D eigenvalue weighted by molar-refractivity contribution is 7.17. The van der Waals surface area contributed by atoms with E-state index in [1.807, 2.05) is 11.9 Å². The summed E-state index contributed by atoms with van der Waals surface area (Å²) < 4.78 is 0. The smallest absolute Gasteiger partial charge is 0.141 e. The molecule has 0 amide bonds. The van der Waals surface area contributed by atoms with Gasteiger partial charge in [0.1, 0.15) is 17.0 Å². The average Bonchev–Trinajstić information content (AvgIpc) is 2.94. The average molecular weight is 313 g/mol. The molecule has 1 N–H and O–H groups in total. The van der Waals surface area contributed by atoms with Crippen LogP contribution in [0.3, 0.4) is 0 Å². The Labute approximate surface area is 134 Å². The highest BCUT2D eigenvalue weighted by atomic mass is 32.1. The van der Waals surface area contributed by atoms with E-state index in [0.29, 0.717) is 6.54 Å². The zero-order chi connectivity index (χ0) is 15.7. The molecule has 22 heavy (non-hydrogen) atoms. The number of aliphatic hydroxyl groups is 1. The Morgan fingerprint density at radius 1 is 1.18 bits per heavy atom. The molecule has 2 heterocycles. The molecular weight excluding hydrogens is 294 g/mol. The summed E-state index contributed by atoms with van der Waals surface area (Å²) >= 11 is 1.63. The molecule has 1 aromatic carbocycles. The zero-order valence-electron chi connectivity index (χ0n) is 13.0. The van der Waals surface area contributed by atoms with Gasteiger partial charge in [0.05, 0.1) is 12.0 Å². The maximum atomic E-state index is 9.19. The van der Waals surface area contributed by atoms with Gasteiger partial charge in [-0.15, -0.1) is 11.3 Å². The third-order valence-electron chi connectivity index (χ3n) is 3.97. The number of benzene rings is 1. The van der Waals surface area contributed by atoms with Crippen LogP contribution in [0.4, 0.5) is 5.82 Å². The minimum Gasteiger partial charge on any atom is -0.395 e. The topological polar surface area (TPSA) is 49.2 Å². The SMILES string of the molecule is Cc1ccc(-c2csc3ncnc(N(C)CCO)c23)cc1C. The molecule has 5 heteroatoms. The highest BCUT2D eigenvalue weighted by Gasteiger charge is 2.15. The quantitative estimate of drug-likeness (QED) is 0.802. The van der Waals surface area contributed by atoms with E-state index in [9.17, 15) is 5.11 Å². The van der Waals surface area contributed by atoms with Gasteiger partial charge in [-0.1, -0.05) is 18.2 Å². The van der Waals surface area contributed by atoms with Crippen LogP contribution >= 0.6 is 11.3 Å². The van der Waals surface area contributed by atoms with E-state index in [1.165, 1.54) is 16.7 Å². The lowest BCUT2D eigenvalue weighted by molar-refractivity contribution is 0.304. The van der Waals surface area contributed by atoms with E-state index in [0.717, 1.165) is 21.6 Å². The molecule has 114 valence electrons. The van der Waals surface area contributed by atoms with Crippen molar-refractivity contribution in [2.24, 2.45) is 0 Å². The van der Waals surface area contributed by atoms with Gasteiger partial charge in [0.2, 0.25) is 0 Å². The zero-order valence-corrected chi connectivity index (χ0v) is 13.8. The van der Waals surface area contributed by atoms with Gasteiger partial charge in [-0.25, -0.2) is 9.97 Å². The van der Waals surface area contributed by atoms with Crippen LogP contribution in [0.2, 0.25) is 0 Å². The molecule has 0 saturated heterocycles. The fraction of sp³-hybridized carbons (Fsp3) is 0.294. The number of aryl methyl sites for hydroxylation is 2. The van der Waals surface area contributed by atoms with Crippen molar-refractivity contribution in [3.8, 4) is 11.1 Å². The second-order valence-corrected chi connectivity index (χ2v) is 6.33. The van der Waals surface area contributed by atoms with Crippen molar-refractivity contribution in [3.05, 3.63) is 41.0 Å². The van der Waals surface area contributed by atoms with E-state index in [1.54, 1.807) is 17.7 Å². The number of thiophene rings is 1. The van der Waals surface area contributed by atoms with Crippen molar-refractivity contribution in [3.63, 3.8) is 0 Å². The number of anilines is 1. The van der Waals surface area contributed by atoms with Gasteiger partial charge in [-0.05, 0) is 30.5 Å². The summed E-state index contributed by atoms with van der Waals surface area (Å²) in [5.41, 5.74) is 4.91. The molecular formula is C17H19N3OS. The Balaban J connectivity index is 2.20. The van der Waals surface area contributed by atoms with Crippen LogP contribution in [0.25, 0.3) is 21.3 Å². The molecule has 0 aliphatic carbocycles. The monoisotopic (exact) mass is 313 g/mol. The van der Waals surface area contributed by atoms with E-state index in [-0.39, 0.29) is 6.61 Å². The van der Waals surface area contributed by atoms with Crippen LogP contribution in [-0.2, 0) is 0 Å². The van der Waals surface area contributed by atoms with Crippen LogP contribution in [-0.4, -0.2) is 35.3 Å². The fourth-order valence-electron chi connectivity index (χ4n) is 2.53. The Morgan fingerprint density at radius 3 is 2.73 bits per heavy atom. The molecule has 0 aliphatic heterocycles. The second-order valence-electron chi connectivity index (χ2n) is 5.47. The summed E-state index contributed by atoms with van der Waals surface area (Å²) in [5, 5.41) is 12.4. The predicted molar refractivity (Wildman–Crippen MR) is 92.7 cm³/mol. The lowest BCUT2D eigenvalue weighted by Crippen LogP contribution is -2.22. The van der Waals surface area contributed by atoms with Crippen molar-refractivity contribution < 1.29 is 5.11 Å². The second kappa shape index (κ2) is 6.02. The summed E-state index contributed by atoms with van der Waals surface area (Å²) in [6.07, 6.45) is 1.59. The van der Waals surface area contributed by atoms with E-state index >= 15 is 0 Å². The number of likely N-dealkylation sites (N-methyl/N-ethyl adjacent to an activating group) is 1. The Kier molecular flexibility index (Phi) is 4.09. The van der Waals surface area contributed by atoms with Gasteiger partial charge in [-0.3, -0.25) is 0 Å². The number of rotatable bonds is 4. The van der Waals surface area contributed by atoms with Crippen molar-refractivity contribution in [1.29, 1.82) is 0 Å². The number of aromatic nitrogens is 2. The number of nitrogens with zero attached hydrogens (tertiary/aromatic N) is 3. The summed E-state index contributed by atoms with van der Waals surface area (Å²) in [7, 11) is 1.94. The van der Waals surface area contributed by atoms with Gasteiger partial charge in [0.15, 0.2) is 0 Å². The van der Waals surface area contributed by atoms with E-state index < -0.39 is 0 Å². The Hall–Kier alpha value is -1.98. The van der Waals surface area contributed by atoms with Crippen molar-refractivity contribution in [1.82, 2.24) is 9.97 Å². The molecule has 4 nitrogen and oxygen atoms in total. The fourth-order valence-corrected chi connectivity index (χ4v) is 3.44. The molecule has 0 aliphatic rings. The molecule has 0 unspecified atom stereocenters. The van der Waals surface area contributed by atoms with Gasteiger partial charge in [0.25, 0.3) is 0 Å². The highest BCUT2D eigenvalue weighted by Crippen LogP contribution is 2.37. The van der Waals surface area contributed by atoms with Crippen LogP contribution in [0.15, 0.2) is 29.9 Å². The minimum atomic E-state index is 0.102. The molecule has 2 aromatic heterocycles. The standard InChI is InChI=1S/C17H19N3OS/c1-11-4-5-13(8-12(11)2)14-9-22-17-15(14)16(18-10-19-17)20(3)6-7-21/h4-5,8-10,21H,6-7H2,1-3H3. The molecule has 3 aromatic rings. The predicted octanol–water partition coefficient (Wildman–Crippen LogP) is 3.40. The van der Waals surface area contributed by atoms with Gasteiger partial charge in [0, 0.05) is 24.5 Å². The maximum absolute atomic E-state index is 9.19. The van der Waals surface area contributed by atoms with Gasteiger partial charge < -0.3 is 10.0 Å². The van der Waals surface area contributed by atoms with Crippen molar-refractivity contribution >= 4 is 27.4 Å². The molecule has 0 spiro atoms. The third-order valence-corrected chi connectivity index (χ3v) is 4.85. The summed E-state index contributed by atoms with van der Waals surface area (Å²) in [5.74, 6) is 0.869. The lowest BCUT2D eigenvalue weighted by Gasteiger charge is -2.18. The van der Waals surface area contributed by atoms with E-state index in [2.05, 4.69) is 47.4 Å². The maximum Gasteiger partial charge on any atom is 0.141 e. The minimum absolute atomic E-state index is 0.102. The number of hydrogen-bond acceptors (Lipinski definition) is 5. The van der Waals surface area contributed by atoms with Gasteiger partial charge >= 0.3 is 0 Å². The van der Waals surface area contributed by atoms with Crippen LogP contribution in [0.5, 0.6) is 0 Å². The lowest BCUT2D eigenvalue weighted by atomic mass is 10.0.